The van der Waals surface area contributed by atoms with Crippen LogP contribution in [-0.4, -0.2) is 15.4 Å². The molecular weight excluding hydrogens is 264 g/mol. The maximum Gasteiger partial charge on any atom is 0.164 e. The minimum atomic E-state index is 0.394. The number of hydrogen-bond donors (Lipinski definition) is 1. The third-order valence-corrected chi connectivity index (χ3v) is 4.11. The zero-order valence-electron chi connectivity index (χ0n) is 9.61. The highest BCUT2D eigenvalue weighted by Gasteiger charge is 2.10. The monoisotopic (exact) mass is 276 g/mol. The Morgan fingerprint density at radius 3 is 2.72 bits per heavy atom. The SMILES string of the molecule is C=CSc1c(N)nnnc1SCc1ccccc1. The minimum absolute atomic E-state index is 0.394. The van der Waals surface area contributed by atoms with Gasteiger partial charge >= 0.3 is 0 Å². The molecule has 0 radical (unpaired) electrons. The molecule has 92 valence electrons. The van der Waals surface area contributed by atoms with Crippen molar-refractivity contribution in [3.8, 4) is 0 Å². The summed E-state index contributed by atoms with van der Waals surface area (Å²) in [5, 5.41) is 13.9. The summed E-state index contributed by atoms with van der Waals surface area (Å²) in [6.45, 7) is 3.68. The quantitative estimate of drug-likeness (QED) is 0.847. The number of hydrogen-bond acceptors (Lipinski definition) is 6. The Morgan fingerprint density at radius 1 is 1.22 bits per heavy atom. The summed E-state index contributed by atoms with van der Waals surface area (Å²) in [7, 11) is 0. The number of nitrogens with zero attached hydrogens (tertiary/aromatic N) is 3. The molecule has 2 aromatic rings. The summed E-state index contributed by atoms with van der Waals surface area (Å²) in [4.78, 5) is 0.820. The van der Waals surface area contributed by atoms with Crippen molar-refractivity contribution in [2.45, 2.75) is 15.7 Å². The van der Waals surface area contributed by atoms with Crippen LogP contribution in [0, 0.1) is 0 Å². The van der Waals surface area contributed by atoms with Gasteiger partial charge in [0.15, 0.2) is 5.82 Å². The number of benzene rings is 1. The van der Waals surface area contributed by atoms with Crippen molar-refractivity contribution in [3.05, 3.63) is 47.9 Å². The highest BCUT2D eigenvalue weighted by Crippen LogP contribution is 2.33. The van der Waals surface area contributed by atoms with Crippen molar-refractivity contribution >= 4 is 29.3 Å². The van der Waals surface area contributed by atoms with Gasteiger partial charge in [-0.2, -0.15) is 0 Å². The average molecular weight is 276 g/mol. The molecule has 0 saturated carbocycles. The van der Waals surface area contributed by atoms with Crippen LogP contribution in [0.2, 0.25) is 0 Å². The van der Waals surface area contributed by atoms with Crippen molar-refractivity contribution in [3.63, 3.8) is 0 Å². The van der Waals surface area contributed by atoms with E-state index in [1.54, 1.807) is 17.2 Å². The molecule has 0 spiro atoms. The number of aromatic nitrogens is 3. The molecule has 0 aliphatic heterocycles. The van der Waals surface area contributed by atoms with Crippen molar-refractivity contribution in [1.82, 2.24) is 15.4 Å². The van der Waals surface area contributed by atoms with E-state index in [0.29, 0.717) is 5.82 Å². The number of nitrogens with two attached hydrogens (primary N) is 1. The Balaban J connectivity index is 2.14. The fraction of sp³-hybridized carbons (Fsp3) is 0.0833. The molecule has 2 N–H and O–H groups in total. The normalized spacial score (nSPS) is 10.2. The molecule has 0 saturated heterocycles. The van der Waals surface area contributed by atoms with Gasteiger partial charge in [0.2, 0.25) is 0 Å². The van der Waals surface area contributed by atoms with E-state index in [0.717, 1.165) is 15.7 Å². The predicted octanol–water partition coefficient (Wildman–Crippen LogP) is 2.98. The summed E-state index contributed by atoms with van der Waals surface area (Å²) in [5.74, 6) is 1.22. The van der Waals surface area contributed by atoms with Crippen LogP contribution in [0.25, 0.3) is 0 Å². The lowest BCUT2D eigenvalue weighted by Gasteiger charge is -2.06. The molecule has 0 bridgehead atoms. The van der Waals surface area contributed by atoms with Gasteiger partial charge in [0.05, 0.1) is 4.90 Å². The molecule has 0 fully saturated rings. The van der Waals surface area contributed by atoms with Gasteiger partial charge in [0.1, 0.15) is 5.03 Å². The fourth-order valence-electron chi connectivity index (χ4n) is 1.33. The summed E-state index contributed by atoms with van der Waals surface area (Å²) in [6, 6.07) is 10.2. The summed E-state index contributed by atoms with van der Waals surface area (Å²) in [6.07, 6.45) is 0. The van der Waals surface area contributed by atoms with E-state index in [4.69, 9.17) is 5.73 Å². The highest BCUT2D eigenvalue weighted by molar-refractivity contribution is 8.03. The van der Waals surface area contributed by atoms with Gasteiger partial charge in [-0.3, -0.25) is 0 Å². The van der Waals surface area contributed by atoms with Gasteiger partial charge < -0.3 is 5.73 Å². The lowest BCUT2D eigenvalue weighted by molar-refractivity contribution is 0.774. The molecule has 1 aromatic carbocycles. The van der Waals surface area contributed by atoms with Crippen LogP contribution in [0.5, 0.6) is 0 Å². The fourth-order valence-corrected chi connectivity index (χ4v) is 2.94. The first-order valence-electron chi connectivity index (χ1n) is 5.24. The Morgan fingerprint density at radius 2 is 2.00 bits per heavy atom. The maximum atomic E-state index is 5.78. The summed E-state index contributed by atoms with van der Waals surface area (Å²) >= 11 is 3.01. The number of anilines is 1. The zero-order chi connectivity index (χ0) is 12.8. The highest BCUT2D eigenvalue weighted by atomic mass is 32.2. The smallest absolute Gasteiger partial charge is 0.164 e. The molecule has 4 nitrogen and oxygen atoms in total. The minimum Gasteiger partial charge on any atom is -0.381 e. The van der Waals surface area contributed by atoms with Crippen molar-refractivity contribution in [2.24, 2.45) is 0 Å². The Bertz CT molecular complexity index is 531. The molecule has 1 aromatic heterocycles. The van der Waals surface area contributed by atoms with Gasteiger partial charge in [-0.25, -0.2) is 0 Å². The first kappa shape index (κ1) is 12.9. The van der Waals surface area contributed by atoms with Crippen LogP contribution in [0.3, 0.4) is 0 Å². The third-order valence-electron chi connectivity index (χ3n) is 2.13. The molecule has 1 heterocycles. The topological polar surface area (TPSA) is 64.7 Å². The first-order chi connectivity index (χ1) is 8.81. The van der Waals surface area contributed by atoms with E-state index in [9.17, 15) is 0 Å². The molecule has 0 aliphatic carbocycles. The standard InChI is InChI=1S/C12H12N4S2/c1-2-17-10-11(13)14-16-15-12(10)18-8-9-6-4-3-5-7-9/h2-7H,1,8H2,(H2,13,14,15). The van der Waals surface area contributed by atoms with E-state index in [1.165, 1.54) is 17.3 Å². The Kier molecular flexibility index (Phi) is 4.60. The zero-order valence-corrected chi connectivity index (χ0v) is 11.2. The summed E-state index contributed by atoms with van der Waals surface area (Å²) in [5.41, 5.74) is 7.01. The molecule has 2 rings (SSSR count). The maximum absolute atomic E-state index is 5.78. The van der Waals surface area contributed by atoms with Crippen LogP contribution in [0.1, 0.15) is 5.56 Å². The van der Waals surface area contributed by atoms with Crippen LogP contribution < -0.4 is 5.73 Å². The van der Waals surface area contributed by atoms with Gasteiger partial charge in [0, 0.05) is 5.75 Å². The Hall–Kier alpha value is -1.53. The third kappa shape index (κ3) is 3.24. The van der Waals surface area contributed by atoms with Crippen LogP contribution in [0.15, 0.2) is 52.2 Å². The first-order valence-corrected chi connectivity index (χ1v) is 7.11. The van der Waals surface area contributed by atoms with Crippen LogP contribution in [0.4, 0.5) is 5.82 Å². The lowest BCUT2D eigenvalue weighted by atomic mass is 10.2. The lowest BCUT2D eigenvalue weighted by Crippen LogP contribution is -2.00. The predicted molar refractivity (Wildman–Crippen MR) is 76.3 cm³/mol. The largest absolute Gasteiger partial charge is 0.381 e. The molecule has 0 atom stereocenters. The average Bonchev–Trinajstić information content (AvgIpc) is 2.41. The Labute approximate surface area is 114 Å². The van der Waals surface area contributed by atoms with Crippen molar-refractivity contribution < 1.29 is 0 Å². The van der Waals surface area contributed by atoms with E-state index in [1.807, 2.05) is 18.2 Å². The second kappa shape index (κ2) is 6.42. The van der Waals surface area contributed by atoms with Crippen molar-refractivity contribution in [1.29, 1.82) is 0 Å². The molecule has 0 aliphatic rings. The van der Waals surface area contributed by atoms with Gasteiger partial charge in [-0.15, -0.1) is 10.2 Å². The van der Waals surface area contributed by atoms with E-state index >= 15 is 0 Å². The van der Waals surface area contributed by atoms with Crippen molar-refractivity contribution in [2.75, 3.05) is 5.73 Å². The molecule has 18 heavy (non-hydrogen) atoms. The van der Waals surface area contributed by atoms with Crippen LogP contribution in [-0.2, 0) is 5.75 Å². The van der Waals surface area contributed by atoms with E-state index < -0.39 is 0 Å². The van der Waals surface area contributed by atoms with Gasteiger partial charge in [-0.05, 0) is 16.2 Å². The summed E-state index contributed by atoms with van der Waals surface area (Å²) < 4.78 is 0. The molecule has 0 unspecified atom stereocenters. The second-order valence-electron chi connectivity index (χ2n) is 3.37. The molecular formula is C12H12N4S2. The van der Waals surface area contributed by atoms with E-state index in [2.05, 4.69) is 34.1 Å². The number of rotatable bonds is 5. The van der Waals surface area contributed by atoms with Gasteiger partial charge in [0.25, 0.3) is 0 Å². The van der Waals surface area contributed by atoms with E-state index in [-0.39, 0.29) is 0 Å². The molecule has 0 amide bonds. The number of nitrogen functional groups attached to an aromatic ring is 1. The second-order valence-corrected chi connectivity index (χ2v) is 5.31. The number of thioether (sulfide) groups is 2. The molecule has 6 heteroatoms. The van der Waals surface area contributed by atoms with Gasteiger partial charge in [-0.1, -0.05) is 60.4 Å². The van der Waals surface area contributed by atoms with Crippen LogP contribution >= 0.6 is 23.5 Å².